The fraction of sp³-hybridized carbons (Fsp3) is 0.727. The SMILES string of the molecule is CC(O)C(C)(C)NCC(O)Cn1cccn1. The van der Waals surface area contributed by atoms with Gasteiger partial charge in [-0.25, -0.2) is 0 Å². The number of rotatable bonds is 6. The molecule has 0 radical (unpaired) electrons. The lowest BCUT2D eigenvalue weighted by Gasteiger charge is -2.30. The van der Waals surface area contributed by atoms with Gasteiger partial charge in [0.1, 0.15) is 0 Å². The molecule has 16 heavy (non-hydrogen) atoms. The van der Waals surface area contributed by atoms with Crippen molar-refractivity contribution >= 4 is 0 Å². The summed E-state index contributed by atoms with van der Waals surface area (Å²) in [6.45, 7) is 6.41. The third kappa shape index (κ3) is 3.92. The molecule has 1 rings (SSSR count). The maximum atomic E-state index is 9.76. The van der Waals surface area contributed by atoms with Crippen LogP contribution in [0.1, 0.15) is 20.8 Å². The molecule has 1 aromatic heterocycles. The number of hydrogen-bond acceptors (Lipinski definition) is 4. The third-order valence-electron chi connectivity index (χ3n) is 2.79. The van der Waals surface area contributed by atoms with Gasteiger partial charge in [0.2, 0.25) is 0 Å². The van der Waals surface area contributed by atoms with E-state index in [9.17, 15) is 10.2 Å². The first-order valence-corrected chi connectivity index (χ1v) is 5.50. The Morgan fingerprint density at radius 2 is 2.12 bits per heavy atom. The molecular formula is C11H21N3O2. The lowest BCUT2D eigenvalue weighted by atomic mass is 9.98. The molecule has 0 aliphatic rings. The van der Waals surface area contributed by atoms with E-state index < -0.39 is 17.7 Å². The molecule has 0 aromatic carbocycles. The first kappa shape index (κ1) is 13.2. The largest absolute Gasteiger partial charge is 0.392 e. The highest BCUT2D eigenvalue weighted by Crippen LogP contribution is 2.08. The average molecular weight is 227 g/mol. The van der Waals surface area contributed by atoms with Crippen LogP contribution in [0.5, 0.6) is 0 Å². The fourth-order valence-electron chi connectivity index (χ4n) is 1.22. The second-order valence-corrected chi connectivity index (χ2v) is 4.66. The summed E-state index contributed by atoms with van der Waals surface area (Å²) in [5.41, 5.74) is -0.398. The van der Waals surface area contributed by atoms with Gasteiger partial charge in [0.05, 0.1) is 18.8 Å². The van der Waals surface area contributed by atoms with Crippen LogP contribution in [0.15, 0.2) is 18.5 Å². The van der Waals surface area contributed by atoms with E-state index in [1.54, 1.807) is 17.8 Å². The van der Waals surface area contributed by atoms with Crippen LogP contribution in [-0.2, 0) is 6.54 Å². The van der Waals surface area contributed by atoms with E-state index >= 15 is 0 Å². The Labute approximate surface area is 96.1 Å². The minimum Gasteiger partial charge on any atom is -0.392 e. The summed E-state index contributed by atoms with van der Waals surface area (Å²) >= 11 is 0. The van der Waals surface area contributed by atoms with Crippen molar-refractivity contribution in [2.24, 2.45) is 0 Å². The molecule has 0 aliphatic heterocycles. The fourth-order valence-corrected chi connectivity index (χ4v) is 1.22. The van der Waals surface area contributed by atoms with Crippen LogP contribution in [-0.4, -0.2) is 44.3 Å². The first-order valence-electron chi connectivity index (χ1n) is 5.50. The van der Waals surface area contributed by atoms with Crippen molar-refractivity contribution in [1.82, 2.24) is 15.1 Å². The Bertz CT molecular complexity index is 296. The van der Waals surface area contributed by atoms with Gasteiger partial charge in [0, 0.05) is 24.5 Å². The van der Waals surface area contributed by atoms with Gasteiger partial charge in [0.15, 0.2) is 0 Å². The van der Waals surface area contributed by atoms with E-state index in [0.29, 0.717) is 13.1 Å². The normalized spacial score (nSPS) is 16.1. The number of hydrogen-bond donors (Lipinski definition) is 3. The molecule has 0 saturated heterocycles. The molecule has 0 fully saturated rings. The average Bonchev–Trinajstić information content (AvgIpc) is 2.67. The molecule has 92 valence electrons. The summed E-state index contributed by atoms with van der Waals surface area (Å²) in [6, 6.07) is 1.82. The number of aliphatic hydroxyl groups is 2. The van der Waals surface area contributed by atoms with Crippen molar-refractivity contribution < 1.29 is 10.2 Å². The first-order chi connectivity index (χ1) is 7.42. The van der Waals surface area contributed by atoms with E-state index in [1.807, 2.05) is 26.1 Å². The van der Waals surface area contributed by atoms with Crippen molar-refractivity contribution in [2.75, 3.05) is 6.54 Å². The molecule has 5 heteroatoms. The summed E-state index contributed by atoms with van der Waals surface area (Å²) in [6.07, 6.45) is 2.51. The van der Waals surface area contributed by atoms with E-state index in [4.69, 9.17) is 0 Å². The van der Waals surface area contributed by atoms with E-state index in [2.05, 4.69) is 10.4 Å². The molecule has 0 saturated carbocycles. The zero-order chi connectivity index (χ0) is 12.2. The van der Waals surface area contributed by atoms with E-state index in [1.165, 1.54) is 0 Å². The molecule has 0 amide bonds. The summed E-state index contributed by atoms with van der Waals surface area (Å²) in [5, 5.41) is 26.4. The van der Waals surface area contributed by atoms with Gasteiger partial charge in [-0.2, -0.15) is 5.10 Å². The second kappa shape index (κ2) is 5.43. The van der Waals surface area contributed by atoms with Gasteiger partial charge in [0.25, 0.3) is 0 Å². The second-order valence-electron chi connectivity index (χ2n) is 4.66. The summed E-state index contributed by atoms with van der Waals surface area (Å²) in [7, 11) is 0. The van der Waals surface area contributed by atoms with E-state index in [-0.39, 0.29) is 0 Å². The molecule has 2 atom stereocenters. The Morgan fingerprint density at radius 3 is 2.62 bits per heavy atom. The van der Waals surface area contributed by atoms with Crippen LogP contribution < -0.4 is 5.32 Å². The predicted octanol–water partition coefficient (Wildman–Crippen LogP) is -0.00700. The molecule has 1 aromatic rings. The predicted molar refractivity (Wildman–Crippen MR) is 62.0 cm³/mol. The zero-order valence-electron chi connectivity index (χ0n) is 10.1. The third-order valence-corrected chi connectivity index (χ3v) is 2.79. The lowest BCUT2D eigenvalue weighted by Crippen LogP contribution is -2.51. The highest BCUT2D eigenvalue weighted by molar-refractivity contribution is 4.84. The molecular weight excluding hydrogens is 206 g/mol. The summed E-state index contributed by atoms with van der Waals surface area (Å²) in [4.78, 5) is 0. The van der Waals surface area contributed by atoms with Crippen LogP contribution in [0.3, 0.4) is 0 Å². The van der Waals surface area contributed by atoms with Crippen LogP contribution >= 0.6 is 0 Å². The molecule has 2 unspecified atom stereocenters. The molecule has 0 bridgehead atoms. The van der Waals surface area contributed by atoms with Crippen molar-refractivity contribution in [3.63, 3.8) is 0 Å². The molecule has 0 spiro atoms. The lowest BCUT2D eigenvalue weighted by molar-refractivity contribution is 0.0757. The topological polar surface area (TPSA) is 70.3 Å². The Hall–Kier alpha value is -0.910. The van der Waals surface area contributed by atoms with Gasteiger partial charge in [-0.3, -0.25) is 4.68 Å². The molecule has 5 nitrogen and oxygen atoms in total. The standard InChI is InChI=1S/C11H21N3O2/c1-9(15)11(2,3)12-7-10(16)8-14-6-4-5-13-14/h4-6,9-10,12,15-16H,7-8H2,1-3H3. The zero-order valence-corrected chi connectivity index (χ0v) is 10.1. The van der Waals surface area contributed by atoms with Gasteiger partial charge in [-0.15, -0.1) is 0 Å². The van der Waals surface area contributed by atoms with Gasteiger partial charge < -0.3 is 15.5 Å². The van der Waals surface area contributed by atoms with Crippen LogP contribution in [0.25, 0.3) is 0 Å². The smallest absolute Gasteiger partial charge is 0.0860 e. The van der Waals surface area contributed by atoms with Gasteiger partial charge in [-0.1, -0.05) is 0 Å². The van der Waals surface area contributed by atoms with Gasteiger partial charge in [-0.05, 0) is 26.8 Å². The highest BCUT2D eigenvalue weighted by atomic mass is 16.3. The summed E-state index contributed by atoms with van der Waals surface area (Å²) in [5.74, 6) is 0. The van der Waals surface area contributed by atoms with Crippen molar-refractivity contribution in [2.45, 2.75) is 45.1 Å². The number of nitrogens with zero attached hydrogens (tertiary/aromatic N) is 2. The van der Waals surface area contributed by atoms with Crippen molar-refractivity contribution in [1.29, 1.82) is 0 Å². The van der Waals surface area contributed by atoms with Crippen molar-refractivity contribution in [3.8, 4) is 0 Å². The Kier molecular flexibility index (Phi) is 4.46. The van der Waals surface area contributed by atoms with Crippen molar-refractivity contribution in [3.05, 3.63) is 18.5 Å². The summed E-state index contributed by atoms with van der Waals surface area (Å²) < 4.78 is 1.68. The van der Waals surface area contributed by atoms with E-state index in [0.717, 1.165) is 0 Å². The highest BCUT2D eigenvalue weighted by Gasteiger charge is 2.24. The van der Waals surface area contributed by atoms with Crippen LogP contribution in [0.4, 0.5) is 0 Å². The van der Waals surface area contributed by atoms with Crippen LogP contribution in [0.2, 0.25) is 0 Å². The number of β-amino-alcohol motifs (C(OH)–C–C–N with tert-alkyl or cyclic N) is 1. The van der Waals surface area contributed by atoms with Gasteiger partial charge >= 0.3 is 0 Å². The number of aromatic nitrogens is 2. The minimum atomic E-state index is -0.516. The number of nitrogens with one attached hydrogen (secondary N) is 1. The maximum absolute atomic E-state index is 9.76. The Morgan fingerprint density at radius 1 is 1.44 bits per heavy atom. The maximum Gasteiger partial charge on any atom is 0.0860 e. The molecule has 3 N–H and O–H groups in total. The quantitative estimate of drug-likeness (QED) is 0.639. The minimum absolute atomic E-state index is 0.398. The molecule has 1 heterocycles. The number of aliphatic hydroxyl groups excluding tert-OH is 2. The van der Waals surface area contributed by atoms with Crippen LogP contribution in [0, 0.1) is 0 Å². The Balaban J connectivity index is 2.33. The molecule has 0 aliphatic carbocycles. The monoisotopic (exact) mass is 227 g/mol.